The van der Waals surface area contributed by atoms with E-state index in [1.807, 2.05) is 0 Å². The van der Waals surface area contributed by atoms with Crippen LogP contribution in [0.1, 0.15) is 10.4 Å². The van der Waals surface area contributed by atoms with E-state index in [-0.39, 0.29) is 30.2 Å². The Hall–Kier alpha value is -3.29. The van der Waals surface area contributed by atoms with Crippen LogP contribution in [0.15, 0.2) is 42.5 Å². The number of nitrogens with zero attached hydrogens (tertiary/aromatic N) is 1. The standard InChI is InChI=1S/C16H15NO7/c1-22-12-3-5-13(6-4-12)23-8-9-24-15-7-2-11(17(20)21)10-14(15)16(18)19/h2-7,10H,8-9H2,1H3,(H,18,19). The average Bonchev–Trinajstić information content (AvgIpc) is 2.59. The van der Waals surface area contributed by atoms with Crippen LogP contribution in [0.5, 0.6) is 17.2 Å². The van der Waals surface area contributed by atoms with Crippen molar-refractivity contribution in [3.63, 3.8) is 0 Å². The monoisotopic (exact) mass is 333 g/mol. The van der Waals surface area contributed by atoms with Crippen molar-refractivity contribution in [3.05, 3.63) is 58.1 Å². The van der Waals surface area contributed by atoms with Gasteiger partial charge in [0, 0.05) is 12.1 Å². The first-order valence-corrected chi connectivity index (χ1v) is 6.92. The van der Waals surface area contributed by atoms with Crippen molar-refractivity contribution in [2.75, 3.05) is 20.3 Å². The van der Waals surface area contributed by atoms with E-state index in [1.54, 1.807) is 31.4 Å². The van der Waals surface area contributed by atoms with Gasteiger partial charge in [0.1, 0.15) is 36.0 Å². The van der Waals surface area contributed by atoms with Crippen LogP contribution < -0.4 is 14.2 Å². The minimum atomic E-state index is -1.30. The predicted molar refractivity (Wildman–Crippen MR) is 84.0 cm³/mol. The summed E-state index contributed by atoms with van der Waals surface area (Å²) < 4.78 is 15.8. The van der Waals surface area contributed by atoms with E-state index in [2.05, 4.69) is 0 Å². The number of carboxylic acid groups (broad SMARTS) is 1. The summed E-state index contributed by atoms with van der Waals surface area (Å²) in [5.41, 5.74) is -0.581. The molecule has 0 unspecified atom stereocenters. The van der Waals surface area contributed by atoms with Crippen LogP contribution >= 0.6 is 0 Å². The second kappa shape index (κ2) is 7.82. The maximum absolute atomic E-state index is 11.2. The highest BCUT2D eigenvalue weighted by molar-refractivity contribution is 5.91. The number of non-ortho nitro benzene ring substituents is 1. The Kier molecular flexibility index (Phi) is 5.56. The molecule has 0 amide bonds. The molecule has 126 valence electrons. The third-order valence-corrected chi connectivity index (χ3v) is 3.07. The van der Waals surface area contributed by atoms with Gasteiger partial charge in [-0.15, -0.1) is 0 Å². The van der Waals surface area contributed by atoms with Crippen LogP contribution in [-0.4, -0.2) is 36.3 Å². The minimum Gasteiger partial charge on any atom is -0.497 e. The number of benzene rings is 2. The second-order valence-corrected chi connectivity index (χ2v) is 4.62. The van der Waals surface area contributed by atoms with Crippen molar-refractivity contribution in [2.24, 2.45) is 0 Å². The fourth-order valence-electron chi connectivity index (χ4n) is 1.91. The first-order valence-electron chi connectivity index (χ1n) is 6.92. The molecule has 8 heteroatoms. The molecule has 0 spiro atoms. The number of carbonyl (C=O) groups is 1. The molecule has 0 heterocycles. The van der Waals surface area contributed by atoms with Crippen molar-refractivity contribution in [1.29, 1.82) is 0 Å². The molecule has 24 heavy (non-hydrogen) atoms. The van der Waals surface area contributed by atoms with Gasteiger partial charge in [-0.3, -0.25) is 10.1 Å². The van der Waals surface area contributed by atoms with E-state index >= 15 is 0 Å². The molecule has 0 aromatic heterocycles. The third-order valence-electron chi connectivity index (χ3n) is 3.07. The van der Waals surface area contributed by atoms with Gasteiger partial charge >= 0.3 is 5.97 Å². The maximum Gasteiger partial charge on any atom is 0.339 e. The Morgan fingerprint density at radius 3 is 2.29 bits per heavy atom. The average molecular weight is 333 g/mol. The number of aromatic carboxylic acids is 1. The highest BCUT2D eigenvalue weighted by Gasteiger charge is 2.17. The van der Waals surface area contributed by atoms with Gasteiger partial charge in [0.15, 0.2) is 0 Å². The summed E-state index contributed by atoms with van der Waals surface area (Å²) in [6, 6.07) is 10.4. The van der Waals surface area contributed by atoms with E-state index in [1.165, 1.54) is 12.1 Å². The maximum atomic E-state index is 11.2. The van der Waals surface area contributed by atoms with Gasteiger partial charge in [0.05, 0.1) is 12.0 Å². The Morgan fingerprint density at radius 2 is 1.71 bits per heavy atom. The molecule has 0 radical (unpaired) electrons. The molecular weight excluding hydrogens is 318 g/mol. The van der Waals surface area contributed by atoms with Gasteiger partial charge < -0.3 is 19.3 Å². The largest absolute Gasteiger partial charge is 0.497 e. The Bertz CT molecular complexity index is 728. The summed E-state index contributed by atoms with van der Waals surface area (Å²) >= 11 is 0. The topological polar surface area (TPSA) is 108 Å². The zero-order chi connectivity index (χ0) is 17.5. The molecule has 2 rings (SSSR count). The number of hydrogen-bond acceptors (Lipinski definition) is 6. The molecule has 1 N–H and O–H groups in total. The molecule has 8 nitrogen and oxygen atoms in total. The first kappa shape index (κ1) is 17.1. The first-order chi connectivity index (χ1) is 11.5. The van der Waals surface area contributed by atoms with Crippen LogP contribution in [0.2, 0.25) is 0 Å². The van der Waals surface area contributed by atoms with E-state index in [0.29, 0.717) is 11.5 Å². The number of ether oxygens (including phenoxy) is 3. The molecule has 2 aromatic rings. The van der Waals surface area contributed by atoms with Crippen LogP contribution in [0.3, 0.4) is 0 Å². The number of hydrogen-bond donors (Lipinski definition) is 1. The third kappa shape index (κ3) is 4.35. The smallest absolute Gasteiger partial charge is 0.339 e. The van der Waals surface area contributed by atoms with E-state index in [0.717, 1.165) is 6.07 Å². The molecule has 0 aliphatic carbocycles. The number of rotatable bonds is 8. The highest BCUT2D eigenvalue weighted by Crippen LogP contribution is 2.24. The number of carboxylic acids is 1. The Morgan fingerprint density at radius 1 is 1.08 bits per heavy atom. The lowest BCUT2D eigenvalue weighted by Gasteiger charge is -2.10. The van der Waals surface area contributed by atoms with Crippen LogP contribution in [0.4, 0.5) is 5.69 Å². The van der Waals surface area contributed by atoms with Crippen molar-refractivity contribution in [2.45, 2.75) is 0 Å². The van der Waals surface area contributed by atoms with Crippen LogP contribution in [-0.2, 0) is 0 Å². The summed E-state index contributed by atoms with van der Waals surface area (Å²) in [6.45, 7) is 0.270. The van der Waals surface area contributed by atoms with Crippen LogP contribution in [0, 0.1) is 10.1 Å². The van der Waals surface area contributed by atoms with Crippen LogP contribution in [0.25, 0.3) is 0 Å². The van der Waals surface area contributed by atoms with Gasteiger partial charge in [0.2, 0.25) is 0 Å². The summed E-state index contributed by atoms with van der Waals surface area (Å²) in [5.74, 6) is 0.0633. The van der Waals surface area contributed by atoms with Crippen molar-refractivity contribution in [1.82, 2.24) is 0 Å². The quantitative estimate of drug-likeness (QED) is 0.449. The molecule has 2 aromatic carbocycles. The van der Waals surface area contributed by atoms with Crippen molar-refractivity contribution >= 4 is 11.7 Å². The van der Waals surface area contributed by atoms with Gasteiger partial charge in [-0.05, 0) is 30.3 Å². The SMILES string of the molecule is COc1ccc(OCCOc2ccc([N+](=O)[O-])cc2C(=O)O)cc1. The summed E-state index contributed by atoms with van der Waals surface area (Å²) in [7, 11) is 1.56. The zero-order valence-corrected chi connectivity index (χ0v) is 12.8. The molecule has 0 atom stereocenters. The molecule has 0 saturated carbocycles. The van der Waals surface area contributed by atoms with E-state index in [4.69, 9.17) is 19.3 Å². The lowest BCUT2D eigenvalue weighted by atomic mass is 10.2. The molecule has 0 aliphatic heterocycles. The summed E-state index contributed by atoms with van der Waals surface area (Å²) in [6.07, 6.45) is 0. The van der Waals surface area contributed by atoms with Gasteiger partial charge in [-0.1, -0.05) is 0 Å². The number of nitro groups is 1. The molecular formula is C16H15NO7. The molecule has 0 saturated heterocycles. The Balaban J connectivity index is 1.93. The second-order valence-electron chi connectivity index (χ2n) is 4.62. The summed E-state index contributed by atoms with van der Waals surface area (Å²) in [5, 5.41) is 19.8. The van der Waals surface area contributed by atoms with Gasteiger partial charge in [-0.25, -0.2) is 4.79 Å². The van der Waals surface area contributed by atoms with E-state index < -0.39 is 10.9 Å². The minimum absolute atomic E-state index is 0.0476. The highest BCUT2D eigenvalue weighted by atomic mass is 16.6. The fraction of sp³-hybridized carbons (Fsp3) is 0.188. The zero-order valence-electron chi connectivity index (χ0n) is 12.8. The van der Waals surface area contributed by atoms with Crippen molar-refractivity contribution in [3.8, 4) is 17.2 Å². The lowest BCUT2D eigenvalue weighted by Crippen LogP contribution is -2.11. The van der Waals surface area contributed by atoms with Gasteiger partial charge in [-0.2, -0.15) is 0 Å². The molecule has 0 fully saturated rings. The lowest BCUT2D eigenvalue weighted by molar-refractivity contribution is -0.384. The Labute approximate surface area is 137 Å². The van der Waals surface area contributed by atoms with E-state index in [9.17, 15) is 14.9 Å². The van der Waals surface area contributed by atoms with Crippen molar-refractivity contribution < 1.29 is 29.0 Å². The summed E-state index contributed by atoms with van der Waals surface area (Å²) in [4.78, 5) is 21.2. The normalized spacial score (nSPS) is 10.0. The molecule has 0 bridgehead atoms. The van der Waals surface area contributed by atoms with Gasteiger partial charge in [0.25, 0.3) is 5.69 Å². The fourth-order valence-corrected chi connectivity index (χ4v) is 1.91. The predicted octanol–water partition coefficient (Wildman–Crippen LogP) is 2.76. The number of methoxy groups -OCH3 is 1. The molecule has 0 aliphatic rings. The number of nitro benzene ring substituents is 1.